The van der Waals surface area contributed by atoms with E-state index in [1.165, 1.54) is 0 Å². The molecule has 0 radical (unpaired) electrons. The highest BCUT2D eigenvalue weighted by molar-refractivity contribution is 5.93. The van der Waals surface area contributed by atoms with Crippen LogP contribution in [0.3, 0.4) is 0 Å². The fourth-order valence-corrected chi connectivity index (χ4v) is 2.16. The molecular formula is C19H23N3O3. The van der Waals surface area contributed by atoms with Crippen molar-refractivity contribution in [1.82, 2.24) is 5.32 Å². The molecule has 0 saturated carbocycles. The number of carbonyl (C=O) groups excluding carboxylic acids is 2. The average molecular weight is 341 g/mol. The molecule has 2 aromatic rings. The Hall–Kier alpha value is -2.86. The molecule has 0 bridgehead atoms. The SMILES string of the molecule is CCC(=O)Nc1ccc(NC(=O)CNCc2ccc(OC)cc2)cc1. The van der Waals surface area contributed by atoms with E-state index in [-0.39, 0.29) is 18.4 Å². The molecule has 132 valence electrons. The van der Waals surface area contributed by atoms with Crippen molar-refractivity contribution in [1.29, 1.82) is 0 Å². The molecule has 0 aliphatic rings. The summed E-state index contributed by atoms with van der Waals surface area (Å²) in [7, 11) is 1.63. The first-order valence-corrected chi connectivity index (χ1v) is 8.14. The lowest BCUT2D eigenvalue weighted by Crippen LogP contribution is -2.27. The van der Waals surface area contributed by atoms with E-state index in [1.807, 2.05) is 24.3 Å². The van der Waals surface area contributed by atoms with Crippen LogP contribution in [0.5, 0.6) is 5.75 Å². The van der Waals surface area contributed by atoms with Crippen LogP contribution in [0.15, 0.2) is 48.5 Å². The van der Waals surface area contributed by atoms with Gasteiger partial charge in [0.15, 0.2) is 0 Å². The number of hydrogen-bond acceptors (Lipinski definition) is 4. The third kappa shape index (κ3) is 6.27. The third-order valence-electron chi connectivity index (χ3n) is 3.55. The molecule has 0 heterocycles. The van der Waals surface area contributed by atoms with Crippen molar-refractivity contribution in [3.05, 3.63) is 54.1 Å². The van der Waals surface area contributed by atoms with Crippen molar-refractivity contribution in [2.24, 2.45) is 0 Å². The smallest absolute Gasteiger partial charge is 0.238 e. The molecular weight excluding hydrogens is 318 g/mol. The van der Waals surface area contributed by atoms with Gasteiger partial charge >= 0.3 is 0 Å². The maximum atomic E-state index is 11.9. The summed E-state index contributed by atoms with van der Waals surface area (Å²) in [5.41, 5.74) is 2.47. The summed E-state index contributed by atoms with van der Waals surface area (Å²) >= 11 is 0. The van der Waals surface area contributed by atoms with Gasteiger partial charge in [-0.25, -0.2) is 0 Å². The summed E-state index contributed by atoms with van der Waals surface area (Å²) in [5.74, 6) is 0.637. The Morgan fingerprint density at radius 1 is 0.880 bits per heavy atom. The van der Waals surface area contributed by atoms with Crippen LogP contribution in [0, 0.1) is 0 Å². The van der Waals surface area contributed by atoms with Gasteiger partial charge in [-0.3, -0.25) is 9.59 Å². The largest absolute Gasteiger partial charge is 0.497 e. The number of hydrogen-bond donors (Lipinski definition) is 3. The first-order chi connectivity index (χ1) is 12.1. The van der Waals surface area contributed by atoms with Crippen molar-refractivity contribution >= 4 is 23.2 Å². The van der Waals surface area contributed by atoms with Crippen LogP contribution < -0.4 is 20.7 Å². The molecule has 0 unspecified atom stereocenters. The molecule has 0 aliphatic heterocycles. The quantitative estimate of drug-likeness (QED) is 0.690. The number of benzene rings is 2. The summed E-state index contributed by atoms with van der Waals surface area (Å²) < 4.78 is 5.11. The van der Waals surface area contributed by atoms with Gasteiger partial charge in [-0.1, -0.05) is 19.1 Å². The maximum Gasteiger partial charge on any atom is 0.238 e. The molecule has 2 rings (SSSR count). The molecule has 2 amide bonds. The van der Waals surface area contributed by atoms with Crippen molar-refractivity contribution in [2.45, 2.75) is 19.9 Å². The van der Waals surface area contributed by atoms with Crippen LogP contribution in [0.1, 0.15) is 18.9 Å². The van der Waals surface area contributed by atoms with Crippen molar-refractivity contribution in [3.8, 4) is 5.75 Å². The Morgan fingerprint density at radius 2 is 1.44 bits per heavy atom. The lowest BCUT2D eigenvalue weighted by Gasteiger charge is -2.09. The van der Waals surface area contributed by atoms with E-state index in [2.05, 4.69) is 16.0 Å². The maximum absolute atomic E-state index is 11.9. The van der Waals surface area contributed by atoms with Gasteiger partial charge in [0.2, 0.25) is 11.8 Å². The minimum Gasteiger partial charge on any atom is -0.497 e. The van der Waals surface area contributed by atoms with Gasteiger partial charge in [0, 0.05) is 24.3 Å². The second-order valence-electron chi connectivity index (χ2n) is 5.48. The number of methoxy groups -OCH3 is 1. The summed E-state index contributed by atoms with van der Waals surface area (Å²) in [6.07, 6.45) is 0.429. The van der Waals surface area contributed by atoms with Gasteiger partial charge in [0.1, 0.15) is 5.75 Å². The van der Waals surface area contributed by atoms with Crippen LogP contribution in [0.2, 0.25) is 0 Å². The summed E-state index contributed by atoms with van der Waals surface area (Å²) in [5, 5.41) is 8.66. The van der Waals surface area contributed by atoms with Gasteiger partial charge in [-0.2, -0.15) is 0 Å². The van der Waals surface area contributed by atoms with Crippen molar-refractivity contribution < 1.29 is 14.3 Å². The predicted octanol–water partition coefficient (Wildman–Crippen LogP) is 2.77. The molecule has 0 atom stereocenters. The molecule has 0 fully saturated rings. The van der Waals surface area contributed by atoms with Crippen LogP contribution in [-0.4, -0.2) is 25.5 Å². The molecule has 25 heavy (non-hydrogen) atoms. The Labute approximate surface area is 147 Å². The number of ether oxygens (including phenoxy) is 1. The topological polar surface area (TPSA) is 79.5 Å². The predicted molar refractivity (Wildman–Crippen MR) is 98.7 cm³/mol. The Kier molecular flexibility index (Phi) is 6.98. The normalized spacial score (nSPS) is 10.2. The zero-order valence-electron chi connectivity index (χ0n) is 14.5. The molecule has 3 N–H and O–H groups in total. The standard InChI is InChI=1S/C19H23N3O3/c1-3-18(23)21-15-6-8-16(9-7-15)22-19(24)13-20-12-14-4-10-17(25-2)11-5-14/h4-11,20H,3,12-13H2,1-2H3,(H,21,23)(H,22,24). The van der Waals surface area contributed by atoms with E-state index in [4.69, 9.17) is 4.74 Å². The lowest BCUT2D eigenvalue weighted by atomic mass is 10.2. The van der Waals surface area contributed by atoms with Crippen molar-refractivity contribution in [3.63, 3.8) is 0 Å². The van der Waals surface area contributed by atoms with Gasteiger partial charge in [-0.05, 0) is 42.0 Å². The van der Waals surface area contributed by atoms with E-state index < -0.39 is 0 Å². The molecule has 0 aromatic heterocycles. The monoisotopic (exact) mass is 341 g/mol. The third-order valence-corrected chi connectivity index (χ3v) is 3.55. The summed E-state index contributed by atoms with van der Waals surface area (Å²) in [4.78, 5) is 23.3. The first kappa shape index (κ1) is 18.5. The van der Waals surface area contributed by atoms with Crippen LogP contribution in [-0.2, 0) is 16.1 Å². The second-order valence-corrected chi connectivity index (χ2v) is 5.48. The minimum atomic E-state index is -0.126. The number of nitrogens with one attached hydrogen (secondary N) is 3. The highest BCUT2D eigenvalue weighted by Gasteiger charge is 2.03. The number of rotatable bonds is 8. The Bertz CT molecular complexity index is 697. The van der Waals surface area contributed by atoms with E-state index in [0.717, 1.165) is 11.3 Å². The van der Waals surface area contributed by atoms with Crippen molar-refractivity contribution in [2.75, 3.05) is 24.3 Å². The lowest BCUT2D eigenvalue weighted by molar-refractivity contribution is -0.116. The van der Waals surface area contributed by atoms with Gasteiger partial charge in [-0.15, -0.1) is 0 Å². The Balaban J connectivity index is 1.74. The fourth-order valence-electron chi connectivity index (χ4n) is 2.16. The van der Waals surface area contributed by atoms with E-state index in [9.17, 15) is 9.59 Å². The molecule has 6 nitrogen and oxygen atoms in total. The minimum absolute atomic E-state index is 0.0421. The highest BCUT2D eigenvalue weighted by Crippen LogP contribution is 2.14. The fraction of sp³-hybridized carbons (Fsp3) is 0.263. The molecule has 6 heteroatoms. The zero-order chi connectivity index (χ0) is 18.1. The average Bonchev–Trinajstić information content (AvgIpc) is 2.64. The molecule has 0 aliphatic carbocycles. The number of carbonyl (C=O) groups is 2. The zero-order valence-corrected chi connectivity index (χ0v) is 14.5. The number of anilines is 2. The van der Waals surface area contributed by atoms with E-state index >= 15 is 0 Å². The second kappa shape index (κ2) is 9.44. The Morgan fingerprint density at radius 3 is 1.96 bits per heavy atom. The van der Waals surface area contributed by atoms with Crippen LogP contribution in [0.25, 0.3) is 0 Å². The van der Waals surface area contributed by atoms with E-state index in [0.29, 0.717) is 24.3 Å². The van der Waals surface area contributed by atoms with Gasteiger partial charge in [0.05, 0.1) is 13.7 Å². The molecule has 2 aromatic carbocycles. The highest BCUT2D eigenvalue weighted by atomic mass is 16.5. The van der Waals surface area contributed by atoms with Gasteiger partial charge < -0.3 is 20.7 Å². The van der Waals surface area contributed by atoms with E-state index in [1.54, 1.807) is 38.3 Å². The summed E-state index contributed by atoms with van der Waals surface area (Å²) in [6.45, 7) is 2.60. The summed E-state index contributed by atoms with van der Waals surface area (Å²) in [6, 6.07) is 14.7. The van der Waals surface area contributed by atoms with Crippen LogP contribution >= 0.6 is 0 Å². The van der Waals surface area contributed by atoms with Gasteiger partial charge in [0.25, 0.3) is 0 Å². The first-order valence-electron chi connectivity index (χ1n) is 8.14. The molecule has 0 spiro atoms. The number of amides is 2. The molecule has 0 saturated heterocycles. The van der Waals surface area contributed by atoms with Crippen LogP contribution in [0.4, 0.5) is 11.4 Å².